The van der Waals surface area contributed by atoms with Gasteiger partial charge in [-0.25, -0.2) is 0 Å². The van der Waals surface area contributed by atoms with Crippen molar-refractivity contribution < 1.29 is 4.74 Å². The molecule has 0 aliphatic heterocycles. The van der Waals surface area contributed by atoms with Gasteiger partial charge in [-0.3, -0.25) is 4.98 Å². The number of aromatic nitrogens is 1. The van der Waals surface area contributed by atoms with Crippen molar-refractivity contribution in [2.24, 2.45) is 0 Å². The Morgan fingerprint density at radius 2 is 2.05 bits per heavy atom. The van der Waals surface area contributed by atoms with Crippen LogP contribution in [0.1, 0.15) is 38.8 Å². The Bertz CT molecular complexity index is 539. The number of rotatable bonds is 7. The Kier molecular flexibility index (Phi) is 5.50. The van der Waals surface area contributed by atoms with Gasteiger partial charge in [0.15, 0.2) is 0 Å². The molecule has 0 radical (unpaired) electrons. The average Bonchev–Trinajstić information content (AvgIpc) is 2.46. The summed E-state index contributed by atoms with van der Waals surface area (Å²) in [7, 11) is 0. The zero-order valence-corrected chi connectivity index (χ0v) is 12.6. The van der Waals surface area contributed by atoms with Crippen LogP contribution in [-0.4, -0.2) is 24.2 Å². The van der Waals surface area contributed by atoms with Gasteiger partial charge in [0.2, 0.25) is 0 Å². The number of hydrogen-bond donors (Lipinski definition) is 1. The van der Waals surface area contributed by atoms with Crippen LogP contribution in [0.5, 0.6) is 0 Å². The molecule has 1 atom stereocenters. The summed E-state index contributed by atoms with van der Waals surface area (Å²) in [4.78, 5) is 4.54. The topological polar surface area (TPSA) is 34.1 Å². The van der Waals surface area contributed by atoms with Crippen LogP contribution in [0.25, 0.3) is 10.9 Å². The first-order chi connectivity index (χ1) is 9.70. The molecule has 0 bridgehead atoms. The second-order valence-electron chi connectivity index (χ2n) is 5.35. The van der Waals surface area contributed by atoms with Gasteiger partial charge in [0.05, 0.1) is 24.3 Å². The summed E-state index contributed by atoms with van der Waals surface area (Å²) in [5.74, 6) is 0. The molecule has 2 rings (SSSR count). The van der Waals surface area contributed by atoms with Crippen LogP contribution in [-0.2, 0) is 4.74 Å². The van der Waals surface area contributed by atoms with Crippen LogP contribution < -0.4 is 5.32 Å². The van der Waals surface area contributed by atoms with Gasteiger partial charge in [0.1, 0.15) is 0 Å². The minimum absolute atomic E-state index is 0.203. The largest absolute Gasteiger partial charge is 0.377 e. The standard InChI is InChI=1S/C17H24N2O/c1-4-9-18-17(12-20-13(2)3)15-10-14-7-5-6-8-16(14)19-11-15/h5-8,10-11,13,17-18H,4,9,12H2,1-3H3. The zero-order valence-electron chi connectivity index (χ0n) is 12.6. The number of ether oxygens (including phenoxy) is 1. The van der Waals surface area contributed by atoms with Crippen LogP contribution in [0, 0.1) is 0 Å². The summed E-state index contributed by atoms with van der Waals surface area (Å²) in [5.41, 5.74) is 2.23. The summed E-state index contributed by atoms with van der Waals surface area (Å²) in [6, 6.07) is 10.6. The van der Waals surface area contributed by atoms with Crippen molar-refractivity contribution in [3.8, 4) is 0 Å². The molecule has 1 aromatic heterocycles. The molecule has 1 unspecified atom stereocenters. The highest BCUT2D eigenvalue weighted by molar-refractivity contribution is 5.78. The lowest BCUT2D eigenvalue weighted by molar-refractivity contribution is 0.0611. The average molecular weight is 272 g/mol. The SMILES string of the molecule is CCCNC(COC(C)C)c1cnc2ccccc2c1. The van der Waals surface area contributed by atoms with E-state index in [2.05, 4.69) is 43.2 Å². The fraction of sp³-hybridized carbons (Fsp3) is 0.471. The normalized spacial score (nSPS) is 13.0. The van der Waals surface area contributed by atoms with E-state index in [1.807, 2.05) is 24.4 Å². The van der Waals surface area contributed by atoms with Crippen molar-refractivity contribution in [3.63, 3.8) is 0 Å². The highest BCUT2D eigenvalue weighted by Crippen LogP contribution is 2.19. The third-order valence-corrected chi connectivity index (χ3v) is 3.25. The highest BCUT2D eigenvalue weighted by atomic mass is 16.5. The molecule has 1 N–H and O–H groups in total. The van der Waals surface area contributed by atoms with E-state index in [1.165, 1.54) is 10.9 Å². The van der Waals surface area contributed by atoms with E-state index < -0.39 is 0 Å². The summed E-state index contributed by atoms with van der Waals surface area (Å²) >= 11 is 0. The molecule has 20 heavy (non-hydrogen) atoms. The summed E-state index contributed by atoms with van der Waals surface area (Å²) in [6.07, 6.45) is 3.31. The lowest BCUT2D eigenvalue weighted by Crippen LogP contribution is -2.27. The van der Waals surface area contributed by atoms with E-state index in [4.69, 9.17) is 4.74 Å². The second-order valence-corrected chi connectivity index (χ2v) is 5.35. The van der Waals surface area contributed by atoms with E-state index in [0.717, 1.165) is 18.5 Å². The van der Waals surface area contributed by atoms with E-state index in [-0.39, 0.29) is 12.1 Å². The minimum Gasteiger partial charge on any atom is -0.377 e. The molecule has 0 fully saturated rings. The van der Waals surface area contributed by atoms with Gasteiger partial charge in [0.25, 0.3) is 0 Å². The predicted octanol–water partition coefficient (Wildman–Crippen LogP) is 3.70. The van der Waals surface area contributed by atoms with Crippen LogP contribution >= 0.6 is 0 Å². The number of para-hydroxylation sites is 1. The summed E-state index contributed by atoms with van der Waals surface area (Å²) < 4.78 is 5.78. The summed E-state index contributed by atoms with van der Waals surface area (Å²) in [6.45, 7) is 7.97. The van der Waals surface area contributed by atoms with Crippen LogP contribution in [0.4, 0.5) is 0 Å². The van der Waals surface area contributed by atoms with Gasteiger partial charge >= 0.3 is 0 Å². The fourth-order valence-electron chi connectivity index (χ4n) is 2.16. The molecule has 2 aromatic rings. The molecular weight excluding hydrogens is 248 g/mol. The second kappa shape index (κ2) is 7.36. The fourth-order valence-corrected chi connectivity index (χ4v) is 2.16. The molecule has 0 saturated heterocycles. The molecule has 0 spiro atoms. The molecule has 0 aliphatic rings. The molecule has 1 aromatic carbocycles. The van der Waals surface area contributed by atoms with Gasteiger partial charge in [0, 0.05) is 11.6 Å². The Morgan fingerprint density at radius 3 is 2.80 bits per heavy atom. The molecule has 0 amide bonds. The smallest absolute Gasteiger partial charge is 0.0702 e. The minimum atomic E-state index is 0.203. The van der Waals surface area contributed by atoms with E-state index >= 15 is 0 Å². The van der Waals surface area contributed by atoms with Crippen molar-refractivity contribution in [1.82, 2.24) is 10.3 Å². The van der Waals surface area contributed by atoms with E-state index in [0.29, 0.717) is 6.61 Å². The van der Waals surface area contributed by atoms with Crippen molar-refractivity contribution in [2.75, 3.05) is 13.2 Å². The van der Waals surface area contributed by atoms with Gasteiger partial charge < -0.3 is 10.1 Å². The number of fused-ring (bicyclic) bond motifs is 1. The highest BCUT2D eigenvalue weighted by Gasteiger charge is 2.12. The van der Waals surface area contributed by atoms with Crippen LogP contribution in [0.15, 0.2) is 36.5 Å². The quantitative estimate of drug-likeness (QED) is 0.834. The third-order valence-electron chi connectivity index (χ3n) is 3.25. The molecule has 3 nitrogen and oxygen atoms in total. The maximum atomic E-state index is 5.78. The number of benzene rings is 1. The Morgan fingerprint density at radius 1 is 1.25 bits per heavy atom. The maximum absolute atomic E-state index is 5.78. The Labute approximate surface area is 121 Å². The number of hydrogen-bond acceptors (Lipinski definition) is 3. The maximum Gasteiger partial charge on any atom is 0.0702 e. The van der Waals surface area contributed by atoms with Crippen molar-refractivity contribution >= 4 is 10.9 Å². The van der Waals surface area contributed by atoms with Crippen molar-refractivity contribution in [1.29, 1.82) is 0 Å². The lowest BCUT2D eigenvalue weighted by atomic mass is 10.1. The molecule has 0 aliphatic carbocycles. The van der Waals surface area contributed by atoms with Crippen molar-refractivity contribution in [3.05, 3.63) is 42.1 Å². The number of nitrogens with one attached hydrogen (secondary N) is 1. The Hall–Kier alpha value is -1.45. The third kappa shape index (κ3) is 4.02. The first kappa shape index (κ1) is 14.9. The first-order valence-corrected chi connectivity index (χ1v) is 7.40. The molecule has 3 heteroatoms. The Balaban J connectivity index is 2.19. The van der Waals surface area contributed by atoms with Gasteiger partial charge in [-0.15, -0.1) is 0 Å². The van der Waals surface area contributed by atoms with Crippen LogP contribution in [0.3, 0.4) is 0 Å². The molecule has 0 saturated carbocycles. The predicted molar refractivity (Wildman–Crippen MR) is 83.9 cm³/mol. The van der Waals surface area contributed by atoms with Crippen LogP contribution in [0.2, 0.25) is 0 Å². The van der Waals surface area contributed by atoms with Crippen molar-refractivity contribution in [2.45, 2.75) is 39.3 Å². The van der Waals surface area contributed by atoms with E-state index in [1.54, 1.807) is 0 Å². The molecular formula is C17H24N2O. The summed E-state index contributed by atoms with van der Waals surface area (Å²) in [5, 5.41) is 4.72. The monoisotopic (exact) mass is 272 g/mol. The zero-order chi connectivity index (χ0) is 14.4. The van der Waals surface area contributed by atoms with E-state index in [9.17, 15) is 0 Å². The lowest BCUT2D eigenvalue weighted by Gasteiger charge is -2.20. The first-order valence-electron chi connectivity index (χ1n) is 7.40. The number of nitrogens with zero attached hydrogens (tertiary/aromatic N) is 1. The van der Waals surface area contributed by atoms with Gasteiger partial charge in [-0.05, 0) is 44.5 Å². The van der Waals surface area contributed by atoms with Gasteiger partial charge in [-0.2, -0.15) is 0 Å². The molecule has 1 heterocycles. The van der Waals surface area contributed by atoms with Gasteiger partial charge in [-0.1, -0.05) is 25.1 Å². The molecule has 108 valence electrons. The number of pyridine rings is 1.